The third kappa shape index (κ3) is 2.22. The second-order valence-electron chi connectivity index (χ2n) is 7.33. The monoisotopic (exact) mass is 406 g/mol. The molecule has 132 valence electrons. The second-order valence-corrected chi connectivity index (χ2v) is 9.54. The first-order valence-electron chi connectivity index (χ1n) is 8.40. The molecule has 5 rings (SSSR count). The number of hydrogen-bond acceptors (Lipinski definition) is 4. The Morgan fingerprint density at radius 2 is 1.60 bits per heavy atom. The van der Waals surface area contributed by atoms with Gasteiger partial charge in [-0.15, -0.1) is 0 Å². The third-order valence-corrected chi connectivity index (χ3v) is 8.43. The summed E-state index contributed by atoms with van der Waals surface area (Å²) in [5.74, 6) is 3.16. The molecule has 1 fully saturated rings. The molecule has 2 aromatic rings. The van der Waals surface area contributed by atoms with Gasteiger partial charge in [-0.1, -0.05) is 0 Å². The van der Waals surface area contributed by atoms with E-state index in [-0.39, 0.29) is 25.8 Å². The van der Waals surface area contributed by atoms with Crippen LogP contribution in [0.25, 0.3) is 10.0 Å². The molecule has 0 radical (unpaired) electrons. The molecule has 2 bridgehead atoms. The Labute approximate surface area is 153 Å². The van der Waals surface area contributed by atoms with Gasteiger partial charge in [-0.2, -0.15) is 0 Å². The fourth-order valence-corrected chi connectivity index (χ4v) is 6.86. The van der Waals surface area contributed by atoms with E-state index < -0.39 is 0 Å². The van der Waals surface area contributed by atoms with Gasteiger partial charge in [0.05, 0.1) is 0 Å². The molecule has 5 heteroatoms. The van der Waals surface area contributed by atoms with Crippen molar-refractivity contribution in [3.63, 3.8) is 0 Å². The zero-order valence-corrected chi connectivity index (χ0v) is 16.8. The molecule has 1 aromatic heterocycles. The maximum atomic E-state index is 12.9. The summed E-state index contributed by atoms with van der Waals surface area (Å²) in [5, 5.41) is 0. The Balaban J connectivity index is 1.85. The average Bonchev–Trinajstić information content (AvgIpc) is 3.05. The number of carbonyl (C=O) groups excluding carboxylic acids is 1. The van der Waals surface area contributed by atoms with E-state index >= 15 is 0 Å². The van der Waals surface area contributed by atoms with Gasteiger partial charge in [0.1, 0.15) is 0 Å². The summed E-state index contributed by atoms with van der Waals surface area (Å²) < 4.78 is 18.7. The first-order chi connectivity index (χ1) is 11.9. The molecule has 0 spiro atoms. The summed E-state index contributed by atoms with van der Waals surface area (Å²) in [7, 11) is 4.90. The topological polar surface area (TPSA) is 44.8 Å². The van der Waals surface area contributed by atoms with Crippen LogP contribution >= 0.6 is 0 Å². The number of ether oxygens (including phenoxy) is 3. The number of ketones is 1. The molecule has 25 heavy (non-hydrogen) atoms. The van der Waals surface area contributed by atoms with Gasteiger partial charge in [0.2, 0.25) is 0 Å². The van der Waals surface area contributed by atoms with E-state index in [2.05, 4.69) is 19.9 Å². The molecule has 0 saturated heterocycles. The summed E-state index contributed by atoms with van der Waals surface area (Å²) in [6.45, 7) is 4.45. The van der Waals surface area contributed by atoms with Crippen molar-refractivity contribution in [2.75, 3.05) is 21.3 Å². The predicted molar refractivity (Wildman–Crippen MR) is 97.4 cm³/mol. The zero-order valence-electron chi connectivity index (χ0n) is 15.1. The second kappa shape index (κ2) is 5.65. The van der Waals surface area contributed by atoms with Crippen molar-refractivity contribution < 1.29 is 19.0 Å². The quantitative estimate of drug-likeness (QED) is 0.727. The SMILES string of the molecule is COc1cc(OC)c(-c2cc3c([se]2)C(=O)[C@H]2C[C@@H]3C2(C)C)cc1OC. The molecule has 4 nitrogen and oxygen atoms in total. The van der Waals surface area contributed by atoms with Crippen LogP contribution in [-0.4, -0.2) is 41.6 Å². The van der Waals surface area contributed by atoms with Gasteiger partial charge in [-0.05, 0) is 0 Å². The number of hydrogen-bond donors (Lipinski definition) is 0. The van der Waals surface area contributed by atoms with Crippen molar-refractivity contribution in [1.82, 2.24) is 0 Å². The summed E-state index contributed by atoms with van der Waals surface area (Å²) >= 11 is 0.0206. The van der Waals surface area contributed by atoms with Crippen LogP contribution in [0.4, 0.5) is 0 Å². The average molecular weight is 405 g/mol. The summed E-state index contributed by atoms with van der Waals surface area (Å²) in [6.07, 6.45) is 1.01. The maximum absolute atomic E-state index is 12.9. The summed E-state index contributed by atoms with van der Waals surface area (Å²) in [4.78, 5) is 12.9. The van der Waals surface area contributed by atoms with Crippen molar-refractivity contribution in [3.05, 3.63) is 28.2 Å². The van der Waals surface area contributed by atoms with E-state index in [9.17, 15) is 4.79 Å². The molecular weight excluding hydrogens is 383 g/mol. The zero-order chi connectivity index (χ0) is 17.9. The van der Waals surface area contributed by atoms with Crippen molar-refractivity contribution in [2.45, 2.75) is 26.2 Å². The van der Waals surface area contributed by atoms with Gasteiger partial charge < -0.3 is 0 Å². The minimum atomic E-state index is 0.0206. The molecule has 2 atom stereocenters. The first-order valence-corrected chi connectivity index (χ1v) is 10.1. The fraction of sp³-hybridized carbons (Fsp3) is 0.450. The molecule has 1 heterocycles. The molecular formula is C20H22O4Se. The standard InChI is InChI=1S/C20H22O4Se/c1-20(2)12-8-13(20)18(21)19-10(12)7-17(25-19)11-6-15(23-4)16(24-5)9-14(11)22-3/h6-7,9,12-13H,8H2,1-5H3/t12-,13+/m0/s1. The van der Waals surface area contributed by atoms with E-state index in [1.54, 1.807) is 21.3 Å². The molecule has 0 amide bonds. The molecule has 0 N–H and O–H groups in total. The third-order valence-electron chi connectivity index (χ3n) is 5.92. The summed E-state index contributed by atoms with van der Waals surface area (Å²) in [6, 6.07) is 6.05. The Kier molecular flexibility index (Phi) is 3.78. The number of rotatable bonds is 4. The van der Waals surface area contributed by atoms with Crippen molar-refractivity contribution in [2.24, 2.45) is 11.3 Å². The molecule has 1 saturated carbocycles. The van der Waals surface area contributed by atoms with Gasteiger partial charge in [0, 0.05) is 0 Å². The Bertz CT molecular complexity index is 865. The Morgan fingerprint density at radius 1 is 0.960 bits per heavy atom. The number of Topliss-reactive ketones (excluding diaryl/α,β-unsaturated/α-hetero) is 1. The molecule has 3 aliphatic rings. The number of carbonyl (C=O) groups is 1. The van der Waals surface area contributed by atoms with Crippen molar-refractivity contribution in [3.8, 4) is 27.2 Å². The van der Waals surface area contributed by atoms with Gasteiger partial charge in [-0.3, -0.25) is 0 Å². The van der Waals surface area contributed by atoms with Crippen LogP contribution in [0.1, 0.15) is 41.0 Å². The van der Waals surface area contributed by atoms with E-state index in [0.717, 1.165) is 22.2 Å². The first kappa shape index (κ1) is 16.7. The number of methoxy groups -OCH3 is 3. The van der Waals surface area contributed by atoms with E-state index in [4.69, 9.17) is 14.2 Å². The van der Waals surface area contributed by atoms with E-state index in [1.165, 1.54) is 10.0 Å². The fourth-order valence-electron chi connectivity index (χ4n) is 4.27. The molecule has 3 aliphatic carbocycles. The van der Waals surface area contributed by atoms with Crippen LogP contribution in [0, 0.1) is 11.3 Å². The normalized spacial score (nSPS) is 22.8. The molecule has 0 unspecified atom stereocenters. The molecule has 1 aromatic carbocycles. The van der Waals surface area contributed by atoms with Crippen LogP contribution in [0.15, 0.2) is 18.2 Å². The van der Waals surface area contributed by atoms with Crippen LogP contribution in [0.5, 0.6) is 17.2 Å². The van der Waals surface area contributed by atoms with Crippen molar-refractivity contribution >= 4 is 20.3 Å². The van der Waals surface area contributed by atoms with Crippen LogP contribution in [0.3, 0.4) is 0 Å². The van der Waals surface area contributed by atoms with Gasteiger partial charge in [0.15, 0.2) is 0 Å². The minimum absolute atomic E-state index is 0.0206. The van der Waals surface area contributed by atoms with Gasteiger partial charge in [0.25, 0.3) is 0 Å². The van der Waals surface area contributed by atoms with Crippen LogP contribution in [-0.2, 0) is 0 Å². The van der Waals surface area contributed by atoms with E-state index in [0.29, 0.717) is 23.2 Å². The van der Waals surface area contributed by atoms with E-state index in [1.807, 2.05) is 12.1 Å². The van der Waals surface area contributed by atoms with Crippen LogP contribution < -0.4 is 14.2 Å². The molecule has 0 aliphatic heterocycles. The Hall–Kier alpha value is -1.71. The van der Waals surface area contributed by atoms with Gasteiger partial charge in [-0.25, -0.2) is 0 Å². The predicted octanol–water partition coefficient (Wildman–Crippen LogP) is 3.76. The van der Waals surface area contributed by atoms with Gasteiger partial charge >= 0.3 is 154 Å². The van der Waals surface area contributed by atoms with Crippen molar-refractivity contribution in [1.29, 1.82) is 0 Å². The number of benzene rings is 1. The summed E-state index contributed by atoms with van der Waals surface area (Å²) in [5.41, 5.74) is 2.36. The Morgan fingerprint density at radius 3 is 2.20 bits per heavy atom. The van der Waals surface area contributed by atoms with Crippen LogP contribution in [0.2, 0.25) is 0 Å².